The number of nitrogens with zero attached hydrogens (tertiary/aromatic N) is 5. The van der Waals surface area contributed by atoms with E-state index < -0.39 is 10.0 Å². The Kier molecular flexibility index (Phi) is 7.53. The van der Waals surface area contributed by atoms with E-state index in [1.807, 2.05) is 19.1 Å². The van der Waals surface area contributed by atoms with E-state index >= 15 is 0 Å². The zero-order valence-corrected chi connectivity index (χ0v) is 25.6. The van der Waals surface area contributed by atoms with Gasteiger partial charge in [-0.05, 0) is 73.1 Å². The first-order valence-corrected chi connectivity index (χ1v) is 16.4. The third kappa shape index (κ3) is 6.04. The maximum atomic E-state index is 14.8. The van der Waals surface area contributed by atoms with Crippen LogP contribution < -0.4 is 14.5 Å². The van der Waals surface area contributed by atoms with Crippen molar-refractivity contribution in [2.75, 3.05) is 35.1 Å². The topological polar surface area (TPSA) is 108 Å². The van der Waals surface area contributed by atoms with Crippen molar-refractivity contribution in [1.29, 1.82) is 0 Å². The predicted octanol–water partition coefficient (Wildman–Crippen LogP) is 4.87. The summed E-state index contributed by atoms with van der Waals surface area (Å²) >= 11 is 0. The van der Waals surface area contributed by atoms with Gasteiger partial charge in [-0.3, -0.25) is 14.1 Å². The third-order valence-corrected chi connectivity index (χ3v) is 9.42. The van der Waals surface area contributed by atoms with Crippen molar-refractivity contribution in [3.63, 3.8) is 0 Å². The largest absolute Gasteiger partial charge is 0.356 e. The van der Waals surface area contributed by atoms with Gasteiger partial charge in [-0.25, -0.2) is 22.8 Å². The number of halogens is 1. The van der Waals surface area contributed by atoms with Crippen LogP contribution in [-0.2, 0) is 23.0 Å². The summed E-state index contributed by atoms with van der Waals surface area (Å²) in [6.07, 6.45) is 4.64. The van der Waals surface area contributed by atoms with Crippen LogP contribution in [0, 0.1) is 24.6 Å². The van der Waals surface area contributed by atoms with Crippen molar-refractivity contribution in [2.45, 2.75) is 40.2 Å². The lowest BCUT2D eigenvalue weighted by Crippen LogP contribution is -2.39. The zero-order chi connectivity index (χ0) is 30.5. The molecule has 5 heterocycles. The predicted molar refractivity (Wildman–Crippen MR) is 166 cm³/mol. The highest BCUT2D eigenvalue weighted by Gasteiger charge is 2.29. The minimum Gasteiger partial charge on any atom is -0.356 e. The van der Waals surface area contributed by atoms with Gasteiger partial charge in [0.05, 0.1) is 41.1 Å². The van der Waals surface area contributed by atoms with Gasteiger partial charge >= 0.3 is 0 Å². The molecule has 0 unspecified atom stereocenters. The van der Waals surface area contributed by atoms with Crippen molar-refractivity contribution < 1.29 is 17.6 Å². The molecule has 6 rings (SSSR count). The van der Waals surface area contributed by atoms with Gasteiger partial charge in [-0.1, -0.05) is 13.8 Å². The molecule has 1 amide bonds. The maximum absolute atomic E-state index is 14.8. The molecular formula is C32H35FN6O3S. The zero-order valence-electron chi connectivity index (χ0n) is 24.8. The average Bonchev–Trinajstić information content (AvgIpc) is 3.40. The van der Waals surface area contributed by atoms with Gasteiger partial charge in [0.1, 0.15) is 11.6 Å². The number of anilines is 2. The van der Waals surface area contributed by atoms with Crippen molar-refractivity contribution in [1.82, 2.24) is 20.3 Å². The highest BCUT2D eigenvalue weighted by molar-refractivity contribution is 7.92. The highest BCUT2D eigenvalue weighted by Crippen LogP contribution is 2.34. The lowest BCUT2D eigenvalue weighted by Gasteiger charge is -2.36. The molecule has 0 bridgehead atoms. The Bertz CT molecular complexity index is 1840. The standard InChI is InChI=1S/C32H35FN6O3S/c1-19-9-20(2)18-38(17-19)31-13-24(33)12-29(37-31)27-6-5-22-15-34-25(14-28(22)36-27)16-35-32(40)23-10-21(3)26-7-8-39(30(26)11-23)43(4,41)42/h5-6,10-15,19-20H,7-9,16-18H2,1-4H3,(H,35,40)/t19-,20+. The molecule has 1 aromatic carbocycles. The molecule has 2 atom stereocenters. The van der Waals surface area contributed by atoms with Gasteiger partial charge < -0.3 is 10.2 Å². The first-order valence-electron chi connectivity index (χ1n) is 14.5. The van der Waals surface area contributed by atoms with E-state index in [1.165, 1.54) is 22.7 Å². The van der Waals surface area contributed by atoms with Crippen LogP contribution in [0.2, 0.25) is 0 Å². The van der Waals surface area contributed by atoms with Gasteiger partial charge in [0.25, 0.3) is 5.91 Å². The van der Waals surface area contributed by atoms with Gasteiger partial charge in [0, 0.05) is 48.9 Å². The molecule has 0 spiro atoms. The van der Waals surface area contributed by atoms with Gasteiger partial charge in [0.2, 0.25) is 10.0 Å². The number of carbonyl (C=O) groups excluding carboxylic acids is 1. The molecule has 3 aromatic heterocycles. The highest BCUT2D eigenvalue weighted by atomic mass is 32.2. The summed E-state index contributed by atoms with van der Waals surface area (Å²) in [5, 5.41) is 3.70. The number of pyridine rings is 3. The van der Waals surface area contributed by atoms with E-state index in [4.69, 9.17) is 9.97 Å². The van der Waals surface area contributed by atoms with Crippen LogP contribution in [0.5, 0.6) is 0 Å². The van der Waals surface area contributed by atoms with Gasteiger partial charge in [-0.15, -0.1) is 0 Å². The number of sulfonamides is 1. The summed E-state index contributed by atoms with van der Waals surface area (Å²) in [5.74, 6) is 0.961. The van der Waals surface area contributed by atoms with Crippen molar-refractivity contribution >= 4 is 38.3 Å². The van der Waals surface area contributed by atoms with E-state index in [0.717, 1.165) is 36.0 Å². The fourth-order valence-corrected chi connectivity index (χ4v) is 7.30. The van der Waals surface area contributed by atoms with Crippen LogP contribution in [0.25, 0.3) is 22.3 Å². The number of aromatic nitrogens is 3. The minimum atomic E-state index is -3.43. The Morgan fingerprint density at radius 1 is 1.05 bits per heavy atom. The molecule has 1 N–H and O–H groups in total. The van der Waals surface area contributed by atoms with E-state index in [1.54, 1.807) is 24.4 Å². The number of amides is 1. The van der Waals surface area contributed by atoms with Gasteiger partial charge in [-0.2, -0.15) is 0 Å². The first-order chi connectivity index (χ1) is 20.4. The van der Waals surface area contributed by atoms with Gasteiger partial charge in [0.15, 0.2) is 0 Å². The number of carbonyl (C=O) groups is 1. The summed E-state index contributed by atoms with van der Waals surface area (Å²) < 4.78 is 40.6. The molecule has 1 saturated heterocycles. The number of hydrogen-bond donors (Lipinski definition) is 1. The SMILES string of the molecule is Cc1cc(C(=O)NCc2cc3nc(-c4cc(F)cc(N5C[C@H](C)C[C@H](C)C5)n4)ccc3cn2)cc2c1CCN2S(C)(=O)=O. The van der Waals surface area contributed by atoms with E-state index in [9.17, 15) is 17.6 Å². The lowest BCUT2D eigenvalue weighted by molar-refractivity contribution is 0.0950. The number of nitrogens with one attached hydrogen (secondary N) is 1. The molecular weight excluding hydrogens is 567 g/mol. The second-order valence-corrected chi connectivity index (χ2v) is 13.9. The molecule has 224 valence electrons. The molecule has 0 saturated carbocycles. The minimum absolute atomic E-state index is 0.153. The molecule has 0 aliphatic carbocycles. The van der Waals surface area contributed by atoms with Crippen molar-refractivity contribution in [2.24, 2.45) is 11.8 Å². The summed E-state index contributed by atoms with van der Waals surface area (Å²) in [7, 11) is -3.43. The number of aryl methyl sites for hydroxylation is 1. The van der Waals surface area contributed by atoms with Crippen LogP contribution in [0.4, 0.5) is 15.9 Å². The lowest BCUT2D eigenvalue weighted by atomic mass is 9.92. The van der Waals surface area contributed by atoms with Crippen LogP contribution in [-0.4, -0.2) is 55.2 Å². The van der Waals surface area contributed by atoms with Crippen LogP contribution >= 0.6 is 0 Å². The molecule has 11 heteroatoms. The van der Waals surface area contributed by atoms with Crippen LogP contribution in [0.3, 0.4) is 0 Å². The van der Waals surface area contributed by atoms with E-state index in [-0.39, 0.29) is 18.3 Å². The Balaban J connectivity index is 1.22. The fourth-order valence-electron chi connectivity index (χ4n) is 6.35. The second kappa shape index (κ2) is 11.2. The summed E-state index contributed by atoms with van der Waals surface area (Å²) in [4.78, 5) is 29.3. The molecule has 2 aliphatic heterocycles. The first kappa shape index (κ1) is 29.0. The fraction of sp³-hybridized carbons (Fsp3) is 0.375. The summed E-state index contributed by atoms with van der Waals surface area (Å²) in [6, 6.07) is 11.8. The molecule has 9 nitrogen and oxygen atoms in total. The molecule has 0 radical (unpaired) electrons. The number of hydrogen-bond acceptors (Lipinski definition) is 7. The molecule has 43 heavy (non-hydrogen) atoms. The monoisotopic (exact) mass is 602 g/mol. The summed E-state index contributed by atoms with van der Waals surface area (Å²) in [5.41, 5.74) is 5.05. The summed E-state index contributed by atoms with van der Waals surface area (Å²) in [6.45, 7) is 8.52. The number of fused-ring (bicyclic) bond motifs is 2. The average molecular weight is 603 g/mol. The maximum Gasteiger partial charge on any atom is 0.251 e. The normalized spacial score (nSPS) is 18.6. The Morgan fingerprint density at radius 2 is 1.81 bits per heavy atom. The Hall–Kier alpha value is -4.12. The number of piperidine rings is 1. The third-order valence-electron chi connectivity index (χ3n) is 8.24. The quantitative estimate of drug-likeness (QED) is 0.335. The Morgan fingerprint density at radius 3 is 2.56 bits per heavy atom. The molecule has 4 aromatic rings. The molecule has 1 fully saturated rings. The van der Waals surface area contributed by atoms with E-state index in [0.29, 0.717) is 64.5 Å². The number of rotatable bonds is 6. The van der Waals surface area contributed by atoms with E-state index in [2.05, 4.69) is 29.0 Å². The van der Waals surface area contributed by atoms with Crippen LogP contribution in [0.15, 0.2) is 48.7 Å². The Labute approximate surface area is 251 Å². The smallest absolute Gasteiger partial charge is 0.251 e. The molecule has 2 aliphatic rings. The number of benzene rings is 1. The van der Waals surface area contributed by atoms with Crippen LogP contribution in [0.1, 0.15) is 47.4 Å². The van der Waals surface area contributed by atoms with Crippen molar-refractivity contribution in [3.05, 3.63) is 76.9 Å². The van der Waals surface area contributed by atoms with Crippen molar-refractivity contribution in [3.8, 4) is 11.4 Å². The second-order valence-electron chi connectivity index (χ2n) is 12.0.